The Bertz CT molecular complexity index is 909. The molecule has 4 rings (SSSR count). The molecule has 1 aromatic carbocycles. The van der Waals surface area contributed by atoms with E-state index in [0.717, 1.165) is 35.5 Å². The Hall–Kier alpha value is -2.95. The van der Waals surface area contributed by atoms with Crippen LogP contribution in [0.25, 0.3) is 11.4 Å². The van der Waals surface area contributed by atoms with Gasteiger partial charge >= 0.3 is 0 Å². The highest BCUT2D eigenvalue weighted by Crippen LogP contribution is 2.33. The molecule has 0 saturated heterocycles. The van der Waals surface area contributed by atoms with Crippen molar-refractivity contribution in [2.45, 2.75) is 45.2 Å². The summed E-state index contributed by atoms with van der Waals surface area (Å²) in [5.41, 5.74) is 4.63. The molecule has 0 radical (unpaired) electrons. The summed E-state index contributed by atoms with van der Waals surface area (Å²) in [7, 11) is 0. The van der Waals surface area contributed by atoms with Crippen molar-refractivity contribution in [1.82, 2.24) is 20.1 Å². The van der Waals surface area contributed by atoms with Crippen molar-refractivity contribution in [3.63, 3.8) is 0 Å². The van der Waals surface area contributed by atoms with Crippen molar-refractivity contribution in [2.24, 2.45) is 0 Å². The van der Waals surface area contributed by atoms with Crippen LogP contribution in [-0.2, 0) is 6.54 Å². The van der Waals surface area contributed by atoms with Crippen LogP contribution in [0.15, 0.2) is 54.7 Å². The molecule has 5 heteroatoms. The first-order valence-corrected chi connectivity index (χ1v) is 9.55. The summed E-state index contributed by atoms with van der Waals surface area (Å²) in [5, 5.41) is 7.79. The molecule has 0 spiro atoms. The van der Waals surface area contributed by atoms with Gasteiger partial charge in [-0.15, -0.1) is 0 Å². The maximum absolute atomic E-state index is 12.4. The SMILES string of the molecule is Cc1ccc(C(=O)NCc2cc(-c3ccccn3)n(C3CCCC3)n2)cc1. The number of hydrogen-bond acceptors (Lipinski definition) is 3. The second-order valence-electron chi connectivity index (χ2n) is 7.17. The van der Waals surface area contributed by atoms with Gasteiger partial charge in [-0.05, 0) is 50.1 Å². The van der Waals surface area contributed by atoms with E-state index in [0.29, 0.717) is 18.2 Å². The van der Waals surface area contributed by atoms with E-state index in [1.807, 2.05) is 49.4 Å². The smallest absolute Gasteiger partial charge is 0.251 e. The molecular formula is C22H24N4O. The summed E-state index contributed by atoms with van der Waals surface area (Å²) in [5.74, 6) is -0.0789. The number of hydrogen-bond donors (Lipinski definition) is 1. The molecule has 1 fully saturated rings. The Morgan fingerprint density at radius 1 is 1.15 bits per heavy atom. The van der Waals surface area contributed by atoms with Gasteiger partial charge in [0.05, 0.1) is 29.7 Å². The van der Waals surface area contributed by atoms with E-state index in [2.05, 4.69) is 21.0 Å². The van der Waals surface area contributed by atoms with Crippen molar-refractivity contribution in [3.8, 4) is 11.4 Å². The molecule has 27 heavy (non-hydrogen) atoms. The lowest BCUT2D eigenvalue weighted by molar-refractivity contribution is 0.0950. The fourth-order valence-electron chi connectivity index (χ4n) is 3.64. The van der Waals surface area contributed by atoms with E-state index in [1.54, 1.807) is 6.20 Å². The highest BCUT2D eigenvalue weighted by molar-refractivity contribution is 5.94. The summed E-state index contributed by atoms with van der Waals surface area (Å²) in [6, 6.07) is 16.0. The summed E-state index contributed by atoms with van der Waals surface area (Å²) in [6.45, 7) is 2.42. The Labute approximate surface area is 159 Å². The van der Waals surface area contributed by atoms with Gasteiger partial charge in [-0.25, -0.2) is 0 Å². The predicted molar refractivity (Wildman–Crippen MR) is 105 cm³/mol. The van der Waals surface area contributed by atoms with Crippen molar-refractivity contribution in [2.75, 3.05) is 0 Å². The quantitative estimate of drug-likeness (QED) is 0.738. The van der Waals surface area contributed by atoms with Gasteiger partial charge in [0, 0.05) is 11.8 Å². The predicted octanol–water partition coefficient (Wildman–Crippen LogP) is 4.30. The number of benzene rings is 1. The Morgan fingerprint density at radius 3 is 2.63 bits per heavy atom. The number of carbonyl (C=O) groups is 1. The third-order valence-electron chi connectivity index (χ3n) is 5.13. The summed E-state index contributed by atoms with van der Waals surface area (Å²) < 4.78 is 2.11. The molecule has 0 atom stereocenters. The normalized spacial score (nSPS) is 14.4. The van der Waals surface area contributed by atoms with E-state index in [4.69, 9.17) is 5.10 Å². The minimum Gasteiger partial charge on any atom is -0.346 e. The molecular weight excluding hydrogens is 336 g/mol. The molecule has 0 unspecified atom stereocenters. The van der Waals surface area contributed by atoms with Gasteiger partial charge in [-0.2, -0.15) is 5.10 Å². The van der Waals surface area contributed by atoms with Crippen LogP contribution in [0, 0.1) is 6.92 Å². The third-order valence-corrected chi connectivity index (χ3v) is 5.13. The van der Waals surface area contributed by atoms with Gasteiger partial charge < -0.3 is 5.32 Å². The topological polar surface area (TPSA) is 59.8 Å². The van der Waals surface area contributed by atoms with E-state index in [-0.39, 0.29) is 5.91 Å². The Kier molecular flexibility index (Phi) is 5.01. The number of aromatic nitrogens is 3. The van der Waals surface area contributed by atoms with Crippen molar-refractivity contribution in [1.29, 1.82) is 0 Å². The van der Waals surface area contributed by atoms with Crippen molar-refractivity contribution in [3.05, 3.63) is 71.5 Å². The summed E-state index contributed by atoms with van der Waals surface area (Å²) in [6.07, 6.45) is 6.59. The van der Waals surface area contributed by atoms with E-state index in [9.17, 15) is 4.79 Å². The number of rotatable bonds is 5. The molecule has 2 heterocycles. The average molecular weight is 360 g/mol. The number of carbonyl (C=O) groups excluding carboxylic acids is 1. The van der Waals surface area contributed by atoms with Crippen LogP contribution in [0.2, 0.25) is 0 Å². The molecule has 3 aromatic rings. The lowest BCUT2D eigenvalue weighted by atomic mass is 10.1. The van der Waals surface area contributed by atoms with Crippen LogP contribution < -0.4 is 5.32 Å². The maximum Gasteiger partial charge on any atom is 0.251 e. The minimum atomic E-state index is -0.0789. The molecule has 1 saturated carbocycles. The van der Waals surface area contributed by atoms with E-state index < -0.39 is 0 Å². The first-order chi connectivity index (χ1) is 13.2. The highest BCUT2D eigenvalue weighted by atomic mass is 16.1. The zero-order valence-corrected chi connectivity index (χ0v) is 15.6. The fourth-order valence-corrected chi connectivity index (χ4v) is 3.64. The first kappa shape index (κ1) is 17.5. The van der Waals surface area contributed by atoms with Crippen molar-refractivity contribution < 1.29 is 4.79 Å². The molecule has 2 aromatic heterocycles. The largest absolute Gasteiger partial charge is 0.346 e. The standard InChI is InChI=1S/C22H24N4O/c1-16-9-11-17(12-10-16)22(27)24-15-18-14-21(20-8-4-5-13-23-20)26(25-18)19-6-2-3-7-19/h4-5,8-14,19H,2-3,6-7,15H2,1H3,(H,24,27). The van der Waals surface area contributed by atoms with Crippen LogP contribution in [0.1, 0.15) is 53.3 Å². The highest BCUT2D eigenvalue weighted by Gasteiger charge is 2.22. The lowest BCUT2D eigenvalue weighted by Crippen LogP contribution is -2.23. The second kappa shape index (κ2) is 7.74. The van der Waals surface area contributed by atoms with Crippen LogP contribution in [0.5, 0.6) is 0 Å². The zero-order valence-electron chi connectivity index (χ0n) is 15.6. The Morgan fingerprint density at radius 2 is 1.93 bits per heavy atom. The maximum atomic E-state index is 12.4. The summed E-state index contributed by atoms with van der Waals surface area (Å²) >= 11 is 0. The van der Waals surface area contributed by atoms with Crippen LogP contribution in [0.3, 0.4) is 0 Å². The molecule has 0 bridgehead atoms. The second-order valence-corrected chi connectivity index (χ2v) is 7.17. The number of pyridine rings is 1. The molecule has 138 valence electrons. The van der Waals surface area contributed by atoms with E-state index in [1.165, 1.54) is 12.8 Å². The molecule has 5 nitrogen and oxygen atoms in total. The number of aryl methyl sites for hydroxylation is 1. The average Bonchev–Trinajstić information content (AvgIpc) is 3.37. The van der Waals surface area contributed by atoms with Gasteiger partial charge in [0.1, 0.15) is 0 Å². The van der Waals surface area contributed by atoms with Gasteiger partial charge in [0.25, 0.3) is 5.91 Å². The lowest BCUT2D eigenvalue weighted by Gasteiger charge is -2.13. The molecule has 1 aliphatic carbocycles. The van der Waals surface area contributed by atoms with Gasteiger partial charge in [0.2, 0.25) is 0 Å². The zero-order chi connectivity index (χ0) is 18.6. The van der Waals surface area contributed by atoms with E-state index >= 15 is 0 Å². The van der Waals surface area contributed by atoms with Crippen LogP contribution in [0.4, 0.5) is 0 Å². The van der Waals surface area contributed by atoms with Gasteiger partial charge in [-0.1, -0.05) is 36.6 Å². The minimum absolute atomic E-state index is 0.0789. The first-order valence-electron chi connectivity index (χ1n) is 9.55. The third kappa shape index (κ3) is 3.92. The number of nitrogens with one attached hydrogen (secondary N) is 1. The molecule has 1 amide bonds. The van der Waals surface area contributed by atoms with Crippen LogP contribution >= 0.6 is 0 Å². The molecule has 0 aliphatic heterocycles. The number of amides is 1. The Balaban J connectivity index is 1.54. The van der Waals surface area contributed by atoms with Gasteiger partial charge in [-0.3, -0.25) is 14.5 Å². The van der Waals surface area contributed by atoms with Gasteiger partial charge in [0.15, 0.2) is 0 Å². The number of nitrogens with zero attached hydrogens (tertiary/aromatic N) is 3. The summed E-state index contributed by atoms with van der Waals surface area (Å²) in [4.78, 5) is 16.9. The monoisotopic (exact) mass is 360 g/mol. The molecule has 1 N–H and O–H groups in total. The molecule has 1 aliphatic rings. The van der Waals surface area contributed by atoms with Crippen LogP contribution in [-0.4, -0.2) is 20.7 Å². The van der Waals surface area contributed by atoms with Crippen molar-refractivity contribution >= 4 is 5.91 Å². The fraction of sp³-hybridized carbons (Fsp3) is 0.318.